The SMILES string of the molecule is c1cc(-c2c(N(c3ccc(-c4ccc5ccccc5c4)cc3)c3ccc(-c4ccc5ccccc5c4)cc3)ccc3c2oc2ccccc23)cc(-n2c3ccccc3c3ccccc32)c1. The Labute approximate surface area is 376 Å². The molecule has 3 heteroatoms. The van der Waals surface area contributed by atoms with Gasteiger partial charge in [-0.2, -0.15) is 0 Å². The van der Waals surface area contributed by atoms with Crippen LogP contribution in [-0.4, -0.2) is 4.57 Å². The Hall–Kier alpha value is -8.66. The molecule has 304 valence electrons. The van der Waals surface area contributed by atoms with Gasteiger partial charge in [-0.15, -0.1) is 0 Å². The van der Waals surface area contributed by atoms with Crippen molar-refractivity contribution in [1.29, 1.82) is 0 Å². The Morgan fingerprint density at radius 1 is 0.323 bits per heavy atom. The molecule has 0 unspecified atom stereocenters. The van der Waals surface area contributed by atoms with Crippen LogP contribution in [0.15, 0.2) is 247 Å². The summed E-state index contributed by atoms with van der Waals surface area (Å²) in [7, 11) is 0. The number of para-hydroxylation sites is 3. The average Bonchev–Trinajstić information content (AvgIpc) is 3.92. The van der Waals surface area contributed by atoms with E-state index in [1.54, 1.807) is 0 Å². The molecule has 0 fully saturated rings. The lowest BCUT2D eigenvalue weighted by Crippen LogP contribution is -2.11. The molecule has 2 heterocycles. The molecule has 0 aliphatic rings. The van der Waals surface area contributed by atoms with Gasteiger partial charge in [-0.25, -0.2) is 0 Å². The third-order valence-corrected chi connectivity index (χ3v) is 13.2. The fourth-order valence-electron chi connectivity index (χ4n) is 10.0. The molecule has 0 spiro atoms. The highest BCUT2D eigenvalue weighted by Gasteiger charge is 2.24. The minimum atomic E-state index is 0.855. The molecule has 13 rings (SSSR count). The largest absolute Gasteiger partial charge is 0.455 e. The molecule has 0 bridgehead atoms. The summed E-state index contributed by atoms with van der Waals surface area (Å²) in [6, 6.07) is 87.8. The number of fused-ring (bicyclic) bond motifs is 8. The highest BCUT2D eigenvalue weighted by atomic mass is 16.3. The molecule has 0 amide bonds. The fourth-order valence-corrected chi connectivity index (χ4v) is 10.0. The van der Waals surface area contributed by atoms with Crippen molar-refractivity contribution in [2.45, 2.75) is 0 Å². The minimum absolute atomic E-state index is 0.855. The minimum Gasteiger partial charge on any atom is -0.455 e. The van der Waals surface area contributed by atoms with E-state index < -0.39 is 0 Å². The van der Waals surface area contributed by atoms with Gasteiger partial charge in [0, 0.05) is 44.2 Å². The number of anilines is 3. The third-order valence-electron chi connectivity index (χ3n) is 13.2. The van der Waals surface area contributed by atoms with Gasteiger partial charge in [-0.3, -0.25) is 0 Å². The van der Waals surface area contributed by atoms with E-state index in [0.717, 1.165) is 66.9 Å². The van der Waals surface area contributed by atoms with E-state index in [1.165, 1.54) is 54.5 Å². The van der Waals surface area contributed by atoms with E-state index in [9.17, 15) is 0 Å². The molecular weight excluding hydrogens is 789 g/mol. The lowest BCUT2D eigenvalue weighted by Gasteiger charge is -2.28. The molecule has 0 radical (unpaired) electrons. The first-order valence-corrected chi connectivity index (χ1v) is 22.2. The highest BCUT2D eigenvalue weighted by molar-refractivity contribution is 6.14. The topological polar surface area (TPSA) is 21.3 Å². The number of nitrogens with zero attached hydrogens (tertiary/aromatic N) is 2. The molecular formula is C62H40N2O. The van der Waals surface area contributed by atoms with Crippen LogP contribution in [0.25, 0.3) is 104 Å². The Morgan fingerprint density at radius 3 is 1.43 bits per heavy atom. The van der Waals surface area contributed by atoms with Crippen molar-refractivity contribution in [3.05, 3.63) is 243 Å². The van der Waals surface area contributed by atoms with Gasteiger partial charge in [0.2, 0.25) is 0 Å². The fraction of sp³-hybridized carbons (Fsp3) is 0. The van der Waals surface area contributed by atoms with Crippen LogP contribution < -0.4 is 4.90 Å². The van der Waals surface area contributed by atoms with Gasteiger partial charge in [0.15, 0.2) is 0 Å². The normalized spacial score (nSPS) is 11.7. The summed E-state index contributed by atoms with van der Waals surface area (Å²) in [5.41, 5.74) is 15.1. The second-order valence-electron chi connectivity index (χ2n) is 16.9. The predicted molar refractivity (Wildman–Crippen MR) is 274 cm³/mol. The summed E-state index contributed by atoms with van der Waals surface area (Å²) in [6.45, 7) is 0. The van der Waals surface area contributed by atoms with Crippen molar-refractivity contribution in [1.82, 2.24) is 4.57 Å². The Kier molecular flexibility index (Phi) is 8.53. The summed E-state index contributed by atoms with van der Waals surface area (Å²) < 4.78 is 9.35. The van der Waals surface area contributed by atoms with Crippen LogP contribution in [0.3, 0.4) is 0 Å². The molecule has 0 aliphatic carbocycles. The molecule has 13 aromatic rings. The summed E-state index contributed by atoms with van der Waals surface area (Å²) in [5.74, 6) is 0. The van der Waals surface area contributed by atoms with E-state index in [-0.39, 0.29) is 0 Å². The van der Waals surface area contributed by atoms with Crippen molar-refractivity contribution >= 4 is 82.4 Å². The van der Waals surface area contributed by atoms with Gasteiger partial charge in [0.05, 0.1) is 16.7 Å². The first-order chi connectivity index (χ1) is 32.2. The molecule has 0 aliphatic heterocycles. The van der Waals surface area contributed by atoms with Crippen molar-refractivity contribution in [2.75, 3.05) is 4.90 Å². The number of hydrogen-bond donors (Lipinski definition) is 0. The van der Waals surface area contributed by atoms with E-state index >= 15 is 0 Å². The van der Waals surface area contributed by atoms with Crippen LogP contribution in [-0.2, 0) is 0 Å². The van der Waals surface area contributed by atoms with Gasteiger partial charge >= 0.3 is 0 Å². The summed E-state index contributed by atoms with van der Waals surface area (Å²) in [4.78, 5) is 2.39. The van der Waals surface area contributed by atoms with E-state index in [2.05, 4.69) is 252 Å². The van der Waals surface area contributed by atoms with E-state index in [1.807, 2.05) is 0 Å². The highest BCUT2D eigenvalue weighted by Crippen LogP contribution is 2.48. The smallest absolute Gasteiger partial charge is 0.145 e. The maximum absolute atomic E-state index is 6.96. The van der Waals surface area contributed by atoms with Gasteiger partial charge < -0.3 is 13.9 Å². The van der Waals surface area contributed by atoms with E-state index in [0.29, 0.717) is 0 Å². The predicted octanol–water partition coefficient (Wildman–Crippen LogP) is 17.5. The van der Waals surface area contributed by atoms with Gasteiger partial charge in [0.1, 0.15) is 11.2 Å². The van der Waals surface area contributed by atoms with Crippen molar-refractivity contribution in [2.24, 2.45) is 0 Å². The summed E-state index contributed by atoms with van der Waals surface area (Å²) >= 11 is 0. The monoisotopic (exact) mass is 828 g/mol. The number of hydrogen-bond acceptors (Lipinski definition) is 2. The molecule has 11 aromatic carbocycles. The van der Waals surface area contributed by atoms with Gasteiger partial charge in [0.25, 0.3) is 0 Å². The maximum Gasteiger partial charge on any atom is 0.145 e. The zero-order valence-corrected chi connectivity index (χ0v) is 35.4. The van der Waals surface area contributed by atoms with Crippen LogP contribution in [0.2, 0.25) is 0 Å². The van der Waals surface area contributed by atoms with Crippen LogP contribution >= 0.6 is 0 Å². The number of rotatable bonds is 7. The maximum atomic E-state index is 6.96. The Balaban J connectivity index is 1.02. The van der Waals surface area contributed by atoms with Crippen LogP contribution in [0.5, 0.6) is 0 Å². The van der Waals surface area contributed by atoms with Crippen LogP contribution in [0.4, 0.5) is 17.1 Å². The molecule has 2 aromatic heterocycles. The second kappa shape index (κ2) is 15.0. The van der Waals surface area contributed by atoms with Crippen LogP contribution in [0.1, 0.15) is 0 Å². The Bertz CT molecular complexity index is 3770. The molecule has 65 heavy (non-hydrogen) atoms. The van der Waals surface area contributed by atoms with Gasteiger partial charge in [-0.05, 0) is 128 Å². The number of furan rings is 1. The molecule has 3 nitrogen and oxygen atoms in total. The number of aromatic nitrogens is 1. The molecule has 0 saturated heterocycles. The standard InChI is InChI=1S/C62H40N2O/c1-3-14-45-38-47(26-24-41(45)12-1)43-28-32-50(33-29-43)63(51-34-30-44(31-35-51)48-27-25-42-13-2-4-15-46(42)39-48)59-37-36-56-55-20-7-10-23-60(55)65-62(56)61(59)49-16-11-17-52(40-49)64-57-21-8-5-18-53(57)54-19-6-9-22-58(54)64/h1-40H. The first-order valence-electron chi connectivity index (χ1n) is 22.2. The zero-order valence-electron chi connectivity index (χ0n) is 35.4. The number of benzene rings is 11. The van der Waals surface area contributed by atoms with E-state index in [4.69, 9.17) is 4.42 Å². The first kappa shape index (κ1) is 36.9. The lowest BCUT2D eigenvalue weighted by atomic mass is 9.97. The second-order valence-corrected chi connectivity index (χ2v) is 16.9. The summed E-state index contributed by atoms with van der Waals surface area (Å²) in [5, 5.41) is 9.59. The van der Waals surface area contributed by atoms with Crippen molar-refractivity contribution in [3.8, 4) is 39.1 Å². The van der Waals surface area contributed by atoms with Crippen molar-refractivity contribution < 1.29 is 4.42 Å². The molecule has 0 atom stereocenters. The van der Waals surface area contributed by atoms with Crippen LogP contribution in [0, 0.1) is 0 Å². The van der Waals surface area contributed by atoms with Gasteiger partial charge in [-0.1, -0.05) is 164 Å². The average molecular weight is 829 g/mol. The summed E-state index contributed by atoms with van der Waals surface area (Å²) in [6.07, 6.45) is 0. The third kappa shape index (κ3) is 6.20. The molecule has 0 saturated carbocycles. The zero-order chi connectivity index (χ0) is 42.8. The Morgan fingerprint density at radius 2 is 0.831 bits per heavy atom. The quantitative estimate of drug-likeness (QED) is 0.160. The van der Waals surface area contributed by atoms with Crippen molar-refractivity contribution in [3.63, 3.8) is 0 Å². The lowest BCUT2D eigenvalue weighted by molar-refractivity contribution is 0.670. The molecule has 0 N–H and O–H groups in total.